The highest BCUT2D eigenvalue weighted by molar-refractivity contribution is 14.1. The Labute approximate surface area is 133 Å². The second-order valence-corrected chi connectivity index (χ2v) is 6.21. The van der Waals surface area contributed by atoms with E-state index in [1.54, 1.807) is 0 Å². The molecule has 0 aliphatic heterocycles. The van der Waals surface area contributed by atoms with Crippen LogP contribution in [-0.2, 0) is 14.1 Å². The molecule has 0 aromatic carbocycles. The summed E-state index contributed by atoms with van der Waals surface area (Å²) in [6.45, 7) is 0. The van der Waals surface area contributed by atoms with E-state index < -0.39 is 0 Å². The van der Waals surface area contributed by atoms with Crippen LogP contribution < -0.4 is 9.13 Å². The van der Waals surface area contributed by atoms with Crippen LogP contribution in [0.4, 0.5) is 11.4 Å². The maximum absolute atomic E-state index is 4.33. The van der Waals surface area contributed by atoms with Crippen molar-refractivity contribution in [1.82, 2.24) is 0 Å². The first-order valence-corrected chi connectivity index (χ1v) is 7.43. The average Bonchev–Trinajstić information content (AvgIpc) is 2.30. The van der Waals surface area contributed by atoms with Crippen LogP contribution in [0.15, 0.2) is 47.1 Å². The molecule has 0 amide bonds. The van der Waals surface area contributed by atoms with Gasteiger partial charge in [0.25, 0.3) is 0 Å². The topological polar surface area (TPSA) is 32.5 Å². The number of hydrogen-bond donors (Lipinski definition) is 0. The maximum Gasteiger partial charge on any atom is 0.184 e. The first kappa shape index (κ1) is 13.8. The molecule has 4 nitrogen and oxygen atoms in total. The molecule has 92 valence electrons. The molecule has 2 heterocycles. The van der Waals surface area contributed by atoms with Crippen molar-refractivity contribution in [2.75, 3.05) is 0 Å². The monoisotopic (exact) mass is 466 g/mol. The third-order valence-electron chi connectivity index (χ3n) is 2.31. The Bertz CT molecular complexity index is 571. The lowest BCUT2D eigenvalue weighted by molar-refractivity contribution is -0.672. The second kappa shape index (κ2) is 6.00. The zero-order valence-electron chi connectivity index (χ0n) is 10.0. The van der Waals surface area contributed by atoms with Crippen molar-refractivity contribution in [2.45, 2.75) is 0 Å². The largest absolute Gasteiger partial charge is 0.208 e. The Morgan fingerprint density at radius 2 is 1.44 bits per heavy atom. The third-order valence-corrected chi connectivity index (χ3v) is 3.89. The lowest BCUT2D eigenvalue weighted by Gasteiger charge is -1.98. The average molecular weight is 466 g/mol. The minimum Gasteiger partial charge on any atom is -0.208 e. The number of aryl methyl sites for hydroxylation is 2. The molecule has 6 heteroatoms. The van der Waals surface area contributed by atoms with Gasteiger partial charge in [0.05, 0.1) is 5.69 Å². The van der Waals surface area contributed by atoms with E-state index in [1.165, 1.54) is 0 Å². The Balaban J connectivity index is 2.31. The molecule has 0 spiro atoms. The lowest BCUT2D eigenvalue weighted by Crippen LogP contribution is -2.27. The van der Waals surface area contributed by atoms with E-state index in [4.69, 9.17) is 0 Å². The van der Waals surface area contributed by atoms with Crippen LogP contribution in [0, 0.1) is 7.14 Å². The highest BCUT2D eigenvalue weighted by Gasteiger charge is 2.10. The molecule has 0 bridgehead atoms. The van der Waals surface area contributed by atoms with Gasteiger partial charge in [-0.1, -0.05) is 0 Å². The Morgan fingerprint density at radius 3 is 2.00 bits per heavy atom. The van der Waals surface area contributed by atoms with Crippen molar-refractivity contribution in [1.29, 1.82) is 0 Å². The summed E-state index contributed by atoms with van der Waals surface area (Å²) in [5.74, 6) is 0. The van der Waals surface area contributed by atoms with Gasteiger partial charge in [-0.05, 0) is 45.2 Å². The Morgan fingerprint density at radius 1 is 0.889 bits per heavy atom. The first-order valence-electron chi connectivity index (χ1n) is 5.27. The number of azo groups is 1. The van der Waals surface area contributed by atoms with E-state index in [2.05, 4.69) is 55.4 Å². The van der Waals surface area contributed by atoms with E-state index in [0.717, 1.165) is 18.5 Å². The number of hydrogen-bond acceptors (Lipinski definition) is 2. The van der Waals surface area contributed by atoms with Crippen LogP contribution in [0.2, 0.25) is 0 Å². The molecule has 0 fully saturated rings. The first-order chi connectivity index (χ1) is 8.56. The molecular weight excluding hydrogens is 454 g/mol. The van der Waals surface area contributed by atoms with Crippen molar-refractivity contribution >= 4 is 56.6 Å². The summed E-state index contributed by atoms with van der Waals surface area (Å²) in [5.41, 5.74) is 1.77. The van der Waals surface area contributed by atoms with E-state index >= 15 is 0 Å². The van der Waals surface area contributed by atoms with Crippen molar-refractivity contribution < 1.29 is 9.13 Å². The minimum atomic E-state index is 0.855. The highest BCUT2D eigenvalue weighted by atomic mass is 127. The minimum absolute atomic E-state index is 0.855. The fourth-order valence-electron chi connectivity index (χ4n) is 1.39. The molecule has 0 aliphatic carbocycles. The van der Waals surface area contributed by atoms with Crippen LogP contribution in [0.25, 0.3) is 0 Å². The Hall–Kier alpha value is -0.640. The molecule has 0 radical (unpaired) electrons. The van der Waals surface area contributed by atoms with Gasteiger partial charge in [-0.15, -0.1) is 5.11 Å². The van der Waals surface area contributed by atoms with E-state index in [1.807, 2.05) is 60.1 Å². The summed E-state index contributed by atoms with van der Waals surface area (Å²) in [7, 11) is 3.98. The van der Waals surface area contributed by atoms with Crippen LogP contribution in [0.3, 0.4) is 0 Å². The van der Waals surface area contributed by atoms with Gasteiger partial charge < -0.3 is 0 Å². The summed E-state index contributed by atoms with van der Waals surface area (Å²) in [4.78, 5) is 0. The molecule has 0 atom stereocenters. The van der Waals surface area contributed by atoms with Gasteiger partial charge in [-0.3, -0.25) is 0 Å². The summed E-state index contributed by atoms with van der Waals surface area (Å²) in [5, 5.41) is 8.60. The van der Waals surface area contributed by atoms with Gasteiger partial charge in [0, 0.05) is 12.1 Å². The normalized spacial score (nSPS) is 11.1. The van der Waals surface area contributed by atoms with Gasteiger partial charge in [0.15, 0.2) is 24.8 Å². The maximum atomic E-state index is 4.33. The van der Waals surface area contributed by atoms with Gasteiger partial charge in [-0.2, -0.15) is 5.11 Å². The smallest absolute Gasteiger partial charge is 0.184 e. The van der Waals surface area contributed by atoms with Crippen LogP contribution in [-0.4, -0.2) is 0 Å². The number of nitrogens with zero attached hydrogens (tertiary/aromatic N) is 4. The van der Waals surface area contributed by atoms with Crippen molar-refractivity contribution in [3.05, 3.63) is 44.1 Å². The third kappa shape index (κ3) is 3.44. The predicted octanol–water partition coefficient (Wildman–Crippen LogP) is 2.96. The molecule has 0 saturated heterocycles. The molecule has 2 aromatic rings. The molecule has 0 N–H and O–H groups in total. The molecule has 0 unspecified atom stereocenters. The van der Waals surface area contributed by atoms with Crippen molar-refractivity contribution in [3.8, 4) is 0 Å². The van der Waals surface area contributed by atoms with E-state index in [9.17, 15) is 0 Å². The van der Waals surface area contributed by atoms with Gasteiger partial charge >= 0.3 is 0 Å². The van der Waals surface area contributed by atoms with Crippen LogP contribution in [0.5, 0.6) is 0 Å². The predicted molar refractivity (Wildman–Crippen MR) is 84.8 cm³/mol. The van der Waals surface area contributed by atoms with Crippen LogP contribution in [0.1, 0.15) is 0 Å². The molecule has 2 rings (SSSR count). The number of rotatable bonds is 2. The van der Waals surface area contributed by atoms with Crippen molar-refractivity contribution in [2.24, 2.45) is 24.3 Å². The quantitative estimate of drug-likeness (QED) is 0.371. The summed E-state index contributed by atoms with van der Waals surface area (Å²) in [6.07, 6.45) is 7.97. The zero-order chi connectivity index (χ0) is 13.1. The lowest BCUT2D eigenvalue weighted by atomic mass is 10.4. The fourth-order valence-corrected chi connectivity index (χ4v) is 3.59. The molecule has 0 saturated carbocycles. The van der Waals surface area contributed by atoms with Crippen molar-refractivity contribution in [3.63, 3.8) is 0 Å². The summed E-state index contributed by atoms with van der Waals surface area (Å²) < 4.78 is 6.17. The number of pyridine rings is 2. The van der Waals surface area contributed by atoms with E-state index in [0.29, 0.717) is 0 Å². The fraction of sp³-hybridized carbons (Fsp3) is 0.167. The summed E-state index contributed by atoms with van der Waals surface area (Å²) >= 11 is 4.55. The Kier molecular flexibility index (Phi) is 4.60. The molecule has 2 aromatic heterocycles. The number of halogens is 2. The van der Waals surface area contributed by atoms with Gasteiger partial charge in [0.1, 0.15) is 26.9 Å². The highest BCUT2D eigenvalue weighted by Crippen LogP contribution is 2.27. The molecular formula is C12H12I2N4+2. The molecule has 0 aliphatic rings. The van der Waals surface area contributed by atoms with Crippen LogP contribution >= 0.6 is 45.2 Å². The van der Waals surface area contributed by atoms with E-state index in [-0.39, 0.29) is 0 Å². The summed E-state index contributed by atoms with van der Waals surface area (Å²) in [6, 6.07) is 3.87. The second-order valence-electron chi connectivity index (χ2n) is 3.89. The SMILES string of the molecule is C[n+]1ccc(N=Nc2c(I)c[n+](C)cc2I)cc1. The zero-order valence-corrected chi connectivity index (χ0v) is 14.3. The number of aromatic nitrogens is 2. The van der Waals surface area contributed by atoms with Gasteiger partial charge in [0.2, 0.25) is 0 Å². The molecule has 18 heavy (non-hydrogen) atoms. The standard InChI is InChI=1S/C12H12I2N4/c1-17-5-3-9(4-6-17)15-16-12-10(13)7-18(2)8-11(12)14/h3-8H,1-2H3/q+2. The van der Waals surface area contributed by atoms with Gasteiger partial charge in [-0.25, -0.2) is 9.13 Å².